The summed E-state index contributed by atoms with van der Waals surface area (Å²) in [5, 5.41) is 10.2. The third-order valence-corrected chi connectivity index (χ3v) is 10.2. The first-order valence-electron chi connectivity index (χ1n) is 18.8. The van der Waals surface area contributed by atoms with Gasteiger partial charge in [0.05, 0.1) is 11.6 Å². The Kier molecular flexibility index (Phi) is 9.35. The molecule has 0 radical (unpaired) electrons. The van der Waals surface area contributed by atoms with E-state index < -0.39 is 0 Å². The third kappa shape index (κ3) is 7.40. The summed E-state index contributed by atoms with van der Waals surface area (Å²) in [6.07, 6.45) is 7.19. The summed E-state index contributed by atoms with van der Waals surface area (Å²) in [6.45, 7) is 2.20. The Morgan fingerprint density at radius 1 is 0.439 bits per heavy atom. The van der Waals surface area contributed by atoms with Gasteiger partial charge in [-0.2, -0.15) is 5.26 Å². The molecule has 1 unspecified atom stereocenters. The van der Waals surface area contributed by atoms with Gasteiger partial charge in [-0.1, -0.05) is 177 Å². The minimum atomic E-state index is -0.366. The lowest BCUT2D eigenvalue weighted by Gasteiger charge is -2.29. The fourth-order valence-corrected chi connectivity index (χ4v) is 6.99. The zero-order valence-electron chi connectivity index (χ0n) is 31.2. The second-order valence-electron chi connectivity index (χ2n) is 14.2. The van der Waals surface area contributed by atoms with Crippen molar-refractivity contribution >= 4 is 5.57 Å². The predicted molar refractivity (Wildman–Crippen MR) is 226 cm³/mol. The van der Waals surface area contributed by atoms with Crippen molar-refractivity contribution in [1.82, 2.24) is 29.9 Å². The smallest absolute Gasteiger partial charge is 0.164 e. The van der Waals surface area contributed by atoms with Crippen LogP contribution in [0, 0.1) is 11.3 Å². The summed E-state index contributed by atoms with van der Waals surface area (Å²) in [5.74, 6) is 3.70. The molecule has 0 amide bonds. The van der Waals surface area contributed by atoms with Crippen LogP contribution in [0.25, 0.3) is 73.6 Å². The number of hydrogen-bond acceptors (Lipinski definition) is 7. The topological polar surface area (TPSA) is 101 Å². The standard InChI is InChI=1S/C50H35N7/c1-50(28-26-41(27-29-50)49-56-46(38-18-10-4-11-19-38)53-47(57-49)39-20-12-5-13-21-39)43-31-34(33-51)30-42(32-43)35-22-24-40(25-23-35)48-54-44(36-14-6-2-7-15-36)52-45(55-48)37-16-8-3-9-17-37/h2-28,30-32H,29H2,1H3. The number of hydrogen-bond donors (Lipinski definition) is 0. The van der Waals surface area contributed by atoms with Crippen LogP contribution in [0.5, 0.6) is 0 Å². The molecule has 0 spiro atoms. The average Bonchev–Trinajstić information content (AvgIpc) is 3.30. The van der Waals surface area contributed by atoms with E-state index >= 15 is 0 Å². The molecule has 0 aliphatic heterocycles. The Morgan fingerprint density at radius 3 is 1.21 bits per heavy atom. The van der Waals surface area contributed by atoms with Crippen LogP contribution in [0.3, 0.4) is 0 Å². The van der Waals surface area contributed by atoms with E-state index in [0.717, 1.165) is 50.1 Å². The van der Waals surface area contributed by atoms with Crippen LogP contribution in [0.1, 0.15) is 30.3 Å². The van der Waals surface area contributed by atoms with Gasteiger partial charge in [-0.15, -0.1) is 0 Å². The molecule has 0 saturated carbocycles. The number of rotatable bonds is 8. The molecule has 1 atom stereocenters. The van der Waals surface area contributed by atoms with E-state index in [1.165, 1.54) is 0 Å². The lowest BCUT2D eigenvalue weighted by atomic mass is 9.75. The van der Waals surface area contributed by atoms with Crippen LogP contribution in [-0.4, -0.2) is 29.9 Å². The van der Waals surface area contributed by atoms with Gasteiger partial charge in [-0.3, -0.25) is 0 Å². The number of nitriles is 1. The van der Waals surface area contributed by atoms with E-state index in [4.69, 9.17) is 29.9 Å². The van der Waals surface area contributed by atoms with Gasteiger partial charge in [0.2, 0.25) is 0 Å². The third-order valence-electron chi connectivity index (χ3n) is 10.2. The van der Waals surface area contributed by atoms with E-state index in [0.29, 0.717) is 46.9 Å². The molecule has 0 bridgehead atoms. The molecule has 1 aliphatic carbocycles. The second kappa shape index (κ2) is 15.2. The lowest BCUT2D eigenvalue weighted by Crippen LogP contribution is -2.21. The van der Waals surface area contributed by atoms with Crippen molar-refractivity contribution in [2.75, 3.05) is 0 Å². The van der Waals surface area contributed by atoms with Crippen LogP contribution in [0.4, 0.5) is 0 Å². The number of benzene rings is 6. The van der Waals surface area contributed by atoms with Gasteiger partial charge in [0.1, 0.15) is 0 Å². The molecule has 6 aromatic carbocycles. The first-order valence-corrected chi connectivity index (χ1v) is 18.8. The van der Waals surface area contributed by atoms with Crippen LogP contribution < -0.4 is 0 Å². The van der Waals surface area contributed by atoms with Gasteiger partial charge in [0, 0.05) is 38.8 Å². The molecule has 1 aliphatic rings. The Morgan fingerprint density at radius 2 is 0.825 bits per heavy atom. The molecule has 270 valence electrons. The van der Waals surface area contributed by atoms with Gasteiger partial charge in [-0.25, -0.2) is 29.9 Å². The van der Waals surface area contributed by atoms with E-state index in [1.54, 1.807) is 0 Å². The SMILES string of the molecule is CC1(c2cc(C#N)cc(-c3ccc(-c4nc(-c5ccccc5)nc(-c5ccccc5)n4)cc3)c2)C=CC(c2nc(-c3ccccc3)nc(-c3ccccc3)n2)=CC1. The van der Waals surface area contributed by atoms with Gasteiger partial charge in [0.15, 0.2) is 34.9 Å². The van der Waals surface area contributed by atoms with Crippen molar-refractivity contribution < 1.29 is 0 Å². The first-order chi connectivity index (χ1) is 28.0. The number of allylic oxidation sites excluding steroid dienone is 4. The van der Waals surface area contributed by atoms with Crippen molar-refractivity contribution in [3.63, 3.8) is 0 Å². The Balaban J connectivity index is 1.02. The Labute approximate surface area is 331 Å². The Bertz CT molecular complexity index is 2700. The average molecular weight is 734 g/mol. The van der Waals surface area contributed by atoms with Crippen LogP contribution >= 0.6 is 0 Å². The van der Waals surface area contributed by atoms with Crippen molar-refractivity contribution in [1.29, 1.82) is 5.26 Å². The van der Waals surface area contributed by atoms with Gasteiger partial charge in [0.25, 0.3) is 0 Å². The second-order valence-corrected chi connectivity index (χ2v) is 14.2. The van der Waals surface area contributed by atoms with Crippen molar-refractivity contribution in [2.24, 2.45) is 0 Å². The van der Waals surface area contributed by atoms with Crippen molar-refractivity contribution in [2.45, 2.75) is 18.8 Å². The molecule has 2 heterocycles. The van der Waals surface area contributed by atoms with E-state index in [9.17, 15) is 5.26 Å². The molecule has 7 heteroatoms. The summed E-state index contributed by atoms with van der Waals surface area (Å²) in [5.41, 5.74) is 8.75. The minimum absolute atomic E-state index is 0.366. The van der Waals surface area contributed by atoms with E-state index in [2.05, 4.69) is 49.4 Å². The fraction of sp³-hybridized carbons (Fsp3) is 0.0600. The molecular formula is C50H35N7. The molecule has 57 heavy (non-hydrogen) atoms. The van der Waals surface area contributed by atoms with Crippen molar-refractivity contribution in [3.8, 4) is 74.1 Å². The number of nitrogens with zero attached hydrogens (tertiary/aromatic N) is 7. The van der Waals surface area contributed by atoms with E-state index in [1.807, 2.05) is 146 Å². The molecule has 9 rings (SSSR count). The van der Waals surface area contributed by atoms with Crippen LogP contribution in [0.15, 0.2) is 182 Å². The maximum absolute atomic E-state index is 10.2. The highest BCUT2D eigenvalue weighted by molar-refractivity contribution is 5.76. The van der Waals surface area contributed by atoms with E-state index in [-0.39, 0.29) is 5.41 Å². The zero-order valence-corrected chi connectivity index (χ0v) is 31.2. The van der Waals surface area contributed by atoms with Gasteiger partial charge >= 0.3 is 0 Å². The molecule has 0 saturated heterocycles. The van der Waals surface area contributed by atoms with Crippen LogP contribution in [-0.2, 0) is 5.41 Å². The highest BCUT2D eigenvalue weighted by atomic mass is 15.0. The van der Waals surface area contributed by atoms with Gasteiger partial charge < -0.3 is 0 Å². The first kappa shape index (κ1) is 35.0. The normalized spacial score (nSPS) is 14.8. The van der Waals surface area contributed by atoms with Gasteiger partial charge in [-0.05, 0) is 35.2 Å². The Hall–Kier alpha value is -7.69. The summed E-state index contributed by atoms with van der Waals surface area (Å²) >= 11 is 0. The molecular weight excluding hydrogens is 699 g/mol. The molecule has 8 aromatic rings. The largest absolute Gasteiger partial charge is 0.208 e. The highest BCUT2D eigenvalue weighted by Crippen LogP contribution is 2.39. The lowest BCUT2D eigenvalue weighted by molar-refractivity contribution is 0.601. The molecule has 0 N–H and O–H groups in total. The zero-order chi connectivity index (χ0) is 38.6. The molecule has 2 aromatic heterocycles. The summed E-state index contributed by atoms with van der Waals surface area (Å²) in [6, 6.07) is 56.6. The molecule has 0 fully saturated rings. The summed E-state index contributed by atoms with van der Waals surface area (Å²) < 4.78 is 0. The van der Waals surface area contributed by atoms with Crippen molar-refractivity contribution in [3.05, 3.63) is 199 Å². The molecule has 7 nitrogen and oxygen atoms in total. The summed E-state index contributed by atoms with van der Waals surface area (Å²) in [4.78, 5) is 29.3. The maximum Gasteiger partial charge on any atom is 0.164 e. The van der Waals surface area contributed by atoms with Crippen LogP contribution in [0.2, 0.25) is 0 Å². The fourth-order valence-electron chi connectivity index (χ4n) is 6.99. The number of aromatic nitrogens is 6. The predicted octanol–water partition coefficient (Wildman–Crippen LogP) is 11.2. The maximum atomic E-state index is 10.2. The minimum Gasteiger partial charge on any atom is -0.208 e. The summed E-state index contributed by atoms with van der Waals surface area (Å²) in [7, 11) is 0. The quantitative estimate of drug-likeness (QED) is 0.153. The monoisotopic (exact) mass is 733 g/mol. The highest BCUT2D eigenvalue weighted by Gasteiger charge is 2.27.